The first kappa shape index (κ1) is 13.2. The molecule has 1 saturated heterocycles. The van der Waals surface area contributed by atoms with Gasteiger partial charge in [0, 0.05) is 49.5 Å². The topological polar surface area (TPSA) is 28.2 Å². The van der Waals surface area contributed by atoms with Gasteiger partial charge in [0.25, 0.3) is 0 Å². The fraction of sp³-hybridized carbons (Fsp3) is 0.357. The van der Waals surface area contributed by atoms with Gasteiger partial charge in [0.1, 0.15) is 0 Å². The number of rotatable bonds is 3. The molecule has 1 aliphatic rings. The number of piperazine rings is 1. The van der Waals surface area contributed by atoms with Crippen LogP contribution in [0, 0.1) is 0 Å². The molecule has 2 aromatic rings. The highest BCUT2D eigenvalue weighted by atomic mass is 79.9. The third kappa shape index (κ3) is 3.23. The van der Waals surface area contributed by atoms with E-state index >= 15 is 0 Å². The first-order valence-electron chi connectivity index (χ1n) is 6.42. The third-order valence-electron chi connectivity index (χ3n) is 3.43. The SMILES string of the molecule is Brc1ccc(CN2CCNCC2c2ccncc2)s1. The number of halogens is 1. The Morgan fingerprint density at radius 1 is 1.32 bits per heavy atom. The zero-order valence-electron chi connectivity index (χ0n) is 10.6. The maximum absolute atomic E-state index is 4.11. The molecule has 0 spiro atoms. The van der Waals surface area contributed by atoms with E-state index in [0.717, 1.165) is 26.2 Å². The molecule has 2 aromatic heterocycles. The normalized spacial score (nSPS) is 20.6. The quantitative estimate of drug-likeness (QED) is 0.932. The second-order valence-corrected chi connectivity index (χ2v) is 7.22. The molecule has 0 amide bonds. The van der Waals surface area contributed by atoms with Crippen molar-refractivity contribution in [3.63, 3.8) is 0 Å². The Morgan fingerprint density at radius 2 is 2.16 bits per heavy atom. The smallest absolute Gasteiger partial charge is 0.0701 e. The number of pyridine rings is 1. The van der Waals surface area contributed by atoms with Crippen LogP contribution in [0.3, 0.4) is 0 Å². The van der Waals surface area contributed by atoms with E-state index in [4.69, 9.17) is 0 Å². The number of aromatic nitrogens is 1. The summed E-state index contributed by atoms with van der Waals surface area (Å²) < 4.78 is 1.21. The molecule has 0 bridgehead atoms. The molecule has 1 N–H and O–H groups in total. The molecule has 3 heterocycles. The Kier molecular flexibility index (Phi) is 4.28. The van der Waals surface area contributed by atoms with Crippen molar-refractivity contribution in [2.24, 2.45) is 0 Å². The summed E-state index contributed by atoms with van der Waals surface area (Å²) in [6.45, 7) is 4.18. The second-order valence-electron chi connectivity index (χ2n) is 4.68. The summed E-state index contributed by atoms with van der Waals surface area (Å²) in [5.74, 6) is 0. The summed E-state index contributed by atoms with van der Waals surface area (Å²) in [6.07, 6.45) is 3.76. The molecule has 1 aliphatic heterocycles. The predicted octanol–water partition coefficient (Wildman–Crippen LogP) is 3.05. The van der Waals surface area contributed by atoms with Crippen LogP contribution >= 0.6 is 27.3 Å². The van der Waals surface area contributed by atoms with Crippen LogP contribution in [-0.4, -0.2) is 29.5 Å². The molecule has 100 valence electrons. The molecule has 1 atom stereocenters. The van der Waals surface area contributed by atoms with Gasteiger partial charge in [-0.3, -0.25) is 9.88 Å². The highest BCUT2D eigenvalue weighted by molar-refractivity contribution is 9.11. The van der Waals surface area contributed by atoms with Crippen molar-refractivity contribution in [2.45, 2.75) is 12.6 Å². The molecule has 0 saturated carbocycles. The van der Waals surface area contributed by atoms with Gasteiger partial charge in [0.15, 0.2) is 0 Å². The second kappa shape index (κ2) is 6.13. The Balaban J connectivity index is 1.77. The summed E-state index contributed by atoms with van der Waals surface area (Å²) in [6, 6.07) is 9.02. The average Bonchev–Trinajstić information content (AvgIpc) is 2.86. The van der Waals surface area contributed by atoms with E-state index in [0.29, 0.717) is 6.04 Å². The largest absolute Gasteiger partial charge is 0.314 e. The molecule has 0 aliphatic carbocycles. The van der Waals surface area contributed by atoms with Gasteiger partial charge in [-0.1, -0.05) is 0 Å². The number of nitrogens with one attached hydrogen (secondary N) is 1. The van der Waals surface area contributed by atoms with Gasteiger partial charge in [-0.2, -0.15) is 0 Å². The molecule has 3 nitrogen and oxygen atoms in total. The highest BCUT2D eigenvalue weighted by Gasteiger charge is 2.23. The van der Waals surface area contributed by atoms with E-state index in [1.807, 2.05) is 23.7 Å². The molecular weight excluding hydrogens is 322 g/mol. The summed E-state index contributed by atoms with van der Waals surface area (Å²) >= 11 is 5.36. The lowest BCUT2D eigenvalue weighted by Gasteiger charge is -2.36. The van der Waals surface area contributed by atoms with Gasteiger partial charge in [0.05, 0.1) is 3.79 Å². The first-order valence-corrected chi connectivity index (χ1v) is 8.03. The van der Waals surface area contributed by atoms with Crippen LogP contribution in [0.1, 0.15) is 16.5 Å². The molecular formula is C14H16BrN3S. The van der Waals surface area contributed by atoms with Crippen LogP contribution < -0.4 is 5.32 Å². The van der Waals surface area contributed by atoms with Gasteiger partial charge in [-0.05, 0) is 45.8 Å². The van der Waals surface area contributed by atoms with Gasteiger partial charge >= 0.3 is 0 Å². The number of hydrogen-bond donors (Lipinski definition) is 1. The fourth-order valence-electron chi connectivity index (χ4n) is 2.49. The van der Waals surface area contributed by atoms with E-state index in [1.165, 1.54) is 14.2 Å². The molecule has 0 radical (unpaired) electrons. The van der Waals surface area contributed by atoms with Crippen molar-refractivity contribution in [2.75, 3.05) is 19.6 Å². The lowest BCUT2D eigenvalue weighted by atomic mass is 10.0. The fourth-order valence-corrected chi connectivity index (χ4v) is 4.00. The lowest BCUT2D eigenvalue weighted by Crippen LogP contribution is -2.45. The minimum Gasteiger partial charge on any atom is -0.314 e. The zero-order chi connectivity index (χ0) is 13.1. The summed E-state index contributed by atoms with van der Waals surface area (Å²) in [5.41, 5.74) is 1.35. The van der Waals surface area contributed by atoms with Gasteiger partial charge in [-0.15, -0.1) is 11.3 Å². The molecule has 1 fully saturated rings. The predicted molar refractivity (Wildman–Crippen MR) is 82.3 cm³/mol. The number of thiophene rings is 1. The van der Waals surface area contributed by atoms with Crippen LogP contribution in [-0.2, 0) is 6.54 Å². The molecule has 0 aromatic carbocycles. The van der Waals surface area contributed by atoms with E-state index < -0.39 is 0 Å². The van der Waals surface area contributed by atoms with E-state index in [9.17, 15) is 0 Å². The summed E-state index contributed by atoms with van der Waals surface area (Å²) in [4.78, 5) is 8.07. The van der Waals surface area contributed by atoms with Crippen LogP contribution in [0.5, 0.6) is 0 Å². The standard InChI is InChI=1S/C14H16BrN3S/c15-14-2-1-12(19-14)10-18-8-7-17-9-13(18)11-3-5-16-6-4-11/h1-6,13,17H,7-10H2. The van der Waals surface area contributed by atoms with Crippen molar-refractivity contribution in [1.29, 1.82) is 0 Å². The molecule has 19 heavy (non-hydrogen) atoms. The average molecular weight is 338 g/mol. The third-order valence-corrected chi connectivity index (χ3v) is 5.04. The Hall–Kier alpha value is -0.750. The molecule has 1 unspecified atom stereocenters. The van der Waals surface area contributed by atoms with Crippen molar-refractivity contribution in [1.82, 2.24) is 15.2 Å². The van der Waals surface area contributed by atoms with Crippen molar-refractivity contribution in [3.05, 3.63) is 50.9 Å². The van der Waals surface area contributed by atoms with E-state index in [2.05, 4.69) is 55.4 Å². The van der Waals surface area contributed by atoms with Crippen molar-refractivity contribution in [3.8, 4) is 0 Å². The minimum atomic E-state index is 0.442. The van der Waals surface area contributed by atoms with Crippen molar-refractivity contribution < 1.29 is 0 Å². The zero-order valence-corrected chi connectivity index (χ0v) is 13.0. The lowest BCUT2D eigenvalue weighted by molar-refractivity contribution is 0.155. The number of hydrogen-bond acceptors (Lipinski definition) is 4. The van der Waals surface area contributed by atoms with Gasteiger partial charge in [-0.25, -0.2) is 0 Å². The molecule has 3 rings (SSSR count). The minimum absolute atomic E-state index is 0.442. The maximum atomic E-state index is 4.11. The van der Waals surface area contributed by atoms with E-state index in [1.54, 1.807) is 0 Å². The highest BCUT2D eigenvalue weighted by Crippen LogP contribution is 2.28. The Morgan fingerprint density at radius 3 is 2.89 bits per heavy atom. The molecule has 5 heteroatoms. The van der Waals surface area contributed by atoms with Crippen LogP contribution in [0.4, 0.5) is 0 Å². The van der Waals surface area contributed by atoms with Gasteiger partial charge < -0.3 is 5.32 Å². The van der Waals surface area contributed by atoms with Crippen LogP contribution in [0.2, 0.25) is 0 Å². The summed E-state index contributed by atoms with van der Waals surface area (Å²) in [5, 5.41) is 3.49. The number of nitrogens with zero attached hydrogens (tertiary/aromatic N) is 2. The van der Waals surface area contributed by atoms with Gasteiger partial charge in [0.2, 0.25) is 0 Å². The Bertz CT molecular complexity index is 528. The monoisotopic (exact) mass is 337 g/mol. The van der Waals surface area contributed by atoms with E-state index in [-0.39, 0.29) is 0 Å². The van der Waals surface area contributed by atoms with Crippen molar-refractivity contribution >= 4 is 27.3 Å². The summed E-state index contributed by atoms with van der Waals surface area (Å²) in [7, 11) is 0. The Labute approximate surface area is 125 Å². The van der Waals surface area contributed by atoms with Crippen LogP contribution in [0.25, 0.3) is 0 Å². The van der Waals surface area contributed by atoms with Crippen LogP contribution in [0.15, 0.2) is 40.4 Å². The maximum Gasteiger partial charge on any atom is 0.0701 e. The first-order chi connectivity index (χ1) is 9.33.